The number of hydrogen-bond acceptors (Lipinski definition) is 3. The van der Waals surface area contributed by atoms with Crippen LogP contribution in [-0.4, -0.2) is 27.9 Å². The number of rotatable bonds is 5. The maximum Gasteiger partial charge on any atom is 0.138 e. The summed E-state index contributed by atoms with van der Waals surface area (Å²) < 4.78 is 2.06. The van der Waals surface area contributed by atoms with Gasteiger partial charge in [0, 0.05) is 31.5 Å². The highest BCUT2D eigenvalue weighted by molar-refractivity contribution is 5.31. The van der Waals surface area contributed by atoms with Crippen LogP contribution in [-0.2, 0) is 18.4 Å². The summed E-state index contributed by atoms with van der Waals surface area (Å²) in [7, 11) is 0. The van der Waals surface area contributed by atoms with Crippen LogP contribution in [0.15, 0.2) is 36.7 Å². The normalized spacial score (nSPS) is 17.1. The summed E-state index contributed by atoms with van der Waals surface area (Å²) in [4.78, 5) is 4.49. The third kappa shape index (κ3) is 2.48. The lowest BCUT2D eigenvalue weighted by Gasteiger charge is -2.43. The molecule has 1 N–H and O–H groups in total. The third-order valence-electron chi connectivity index (χ3n) is 4.04. The summed E-state index contributed by atoms with van der Waals surface area (Å²) >= 11 is 0. The molecule has 0 atom stereocenters. The molecule has 0 bridgehead atoms. The van der Waals surface area contributed by atoms with E-state index in [-0.39, 0.29) is 5.41 Å². The topological polar surface area (TPSA) is 42.7 Å². The van der Waals surface area contributed by atoms with Gasteiger partial charge in [0.05, 0.1) is 0 Å². The van der Waals surface area contributed by atoms with E-state index in [1.165, 1.54) is 5.56 Å². The van der Waals surface area contributed by atoms with Crippen molar-refractivity contribution in [3.63, 3.8) is 0 Å². The highest BCUT2D eigenvalue weighted by Gasteiger charge is 2.39. The average Bonchev–Trinajstić information content (AvgIpc) is 2.81. The zero-order valence-corrected chi connectivity index (χ0v) is 12.2. The van der Waals surface area contributed by atoms with Crippen molar-refractivity contribution in [2.75, 3.05) is 13.1 Å². The number of nitrogens with one attached hydrogen (secondary N) is 1. The van der Waals surface area contributed by atoms with E-state index >= 15 is 0 Å². The molecular weight excluding hydrogens is 248 g/mol. The van der Waals surface area contributed by atoms with Crippen LogP contribution in [0.1, 0.15) is 25.2 Å². The lowest BCUT2D eigenvalue weighted by Crippen LogP contribution is -2.58. The molecule has 2 heterocycles. The predicted molar refractivity (Wildman–Crippen MR) is 79.6 cm³/mol. The average molecular weight is 270 g/mol. The largest absolute Gasteiger partial charge is 0.315 e. The van der Waals surface area contributed by atoms with Crippen molar-refractivity contribution >= 4 is 0 Å². The first-order valence-corrected chi connectivity index (χ1v) is 7.32. The van der Waals surface area contributed by atoms with E-state index in [1.807, 2.05) is 0 Å². The van der Waals surface area contributed by atoms with E-state index in [1.54, 1.807) is 6.33 Å². The molecule has 0 radical (unpaired) electrons. The second-order valence-corrected chi connectivity index (χ2v) is 6.18. The van der Waals surface area contributed by atoms with Gasteiger partial charge < -0.3 is 5.32 Å². The van der Waals surface area contributed by atoms with E-state index in [2.05, 4.69) is 64.3 Å². The Labute approximate surface area is 120 Å². The maximum absolute atomic E-state index is 4.49. The van der Waals surface area contributed by atoms with Crippen LogP contribution in [0.5, 0.6) is 0 Å². The number of nitrogens with zero attached hydrogens (tertiary/aromatic N) is 3. The minimum absolute atomic E-state index is 0.184. The summed E-state index contributed by atoms with van der Waals surface area (Å²) in [6.45, 7) is 7.40. The Morgan fingerprint density at radius 3 is 2.60 bits per heavy atom. The Balaban J connectivity index is 1.84. The number of hydrogen-bond donors (Lipinski definition) is 1. The minimum atomic E-state index is 0.184. The SMILES string of the molecule is CC(C)Cn1ncnc1CC1(c2ccccc2)CNC1. The molecule has 1 saturated heterocycles. The van der Waals surface area contributed by atoms with Gasteiger partial charge in [0.2, 0.25) is 0 Å². The molecule has 106 valence electrons. The fourth-order valence-corrected chi connectivity index (χ4v) is 2.88. The van der Waals surface area contributed by atoms with Gasteiger partial charge in [-0.15, -0.1) is 0 Å². The summed E-state index contributed by atoms with van der Waals surface area (Å²) in [5.41, 5.74) is 1.58. The van der Waals surface area contributed by atoms with Crippen molar-refractivity contribution in [3.05, 3.63) is 48.0 Å². The van der Waals surface area contributed by atoms with Gasteiger partial charge in [-0.05, 0) is 11.5 Å². The highest BCUT2D eigenvalue weighted by atomic mass is 15.3. The monoisotopic (exact) mass is 270 g/mol. The van der Waals surface area contributed by atoms with Gasteiger partial charge in [-0.25, -0.2) is 9.67 Å². The smallest absolute Gasteiger partial charge is 0.138 e. The Bertz CT molecular complexity index is 555. The molecule has 0 amide bonds. The second-order valence-electron chi connectivity index (χ2n) is 6.18. The van der Waals surface area contributed by atoms with E-state index in [4.69, 9.17) is 0 Å². The quantitative estimate of drug-likeness (QED) is 0.904. The Hall–Kier alpha value is -1.68. The van der Waals surface area contributed by atoms with Gasteiger partial charge >= 0.3 is 0 Å². The lowest BCUT2D eigenvalue weighted by molar-refractivity contribution is 0.264. The van der Waals surface area contributed by atoms with Crippen LogP contribution in [0, 0.1) is 5.92 Å². The van der Waals surface area contributed by atoms with Crippen LogP contribution in [0.25, 0.3) is 0 Å². The zero-order valence-electron chi connectivity index (χ0n) is 12.2. The highest BCUT2D eigenvalue weighted by Crippen LogP contribution is 2.31. The summed E-state index contributed by atoms with van der Waals surface area (Å²) in [5.74, 6) is 1.69. The number of benzene rings is 1. The summed E-state index contributed by atoms with van der Waals surface area (Å²) in [6, 6.07) is 10.8. The fraction of sp³-hybridized carbons (Fsp3) is 0.500. The molecule has 4 nitrogen and oxygen atoms in total. The van der Waals surface area contributed by atoms with Gasteiger partial charge in [0.1, 0.15) is 12.2 Å². The van der Waals surface area contributed by atoms with Crippen LogP contribution in [0.4, 0.5) is 0 Å². The van der Waals surface area contributed by atoms with Gasteiger partial charge in [0.25, 0.3) is 0 Å². The van der Waals surface area contributed by atoms with Crippen molar-refractivity contribution in [2.45, 2.75) is 32.2 Å². The lowest BCUT2D eigenvalue weighted by atomic mass is 9.72. The minimum Gasteiger partial charge on any atom is -0.315 e. The molecule has 0 unspecified atom stereocenters. The van der Waals surface area contributed by atoms with E-state index in [0.29, 0.717) is 5.92 Å². The molecule has 0 saturated carbocycles. The van der Waals surface area contributed by atoms with Gasteiger partial charge in [-0.3, -0.25) is 0 Å². The number of aromatic nitrogens is 3. The van der Waals surface area contributed by atoms with Crippen LogP contribution in [0.2, 0.25) is 0 Å². The van der Waals surface area contributed by atoms with Gasteiger partial charge in [-0.2, -0.15) is 5.10 Å². The molecule has 3 rings (SSSR count). The molecule has 1 aromatic heterocycles. The van der Waals surface area contributed by atoms with E-state index in [9.17, 15) is 0 Å². The molecule has 0 aliphatic carbocycles. The van der Waals surface area contributed by atoms with E-state index < -0.39 is 0 Å². The van der Waals surface area contributed by atoms with E-state index in [0.717, 1.165) is 31.9 Å². The Morgan fingerprint density at radius 2 is 2.00 bits per heavy atom. The van der Waals surface area contributed by atoms with Gasteiger partial charge in [0.15, 0.2) is 0 Å². The Kier molecular flexibility index (Phi) is 3.57. The molecule has 20 heavy (non-hydrogen) atoms. The Morgan fingerprint density at radius 1 is 1.25 bits per heavy atom. The van der Waals surface area contributed by atoms with Crippen molar-refractivity contribution in [3.8, 4) is 0 Å². The van der Waals surface area contributed by atoms with Crippen LogP contribution >= 0.6 is 0 Å². The second kappa shape index (κ2) is 5.37. The van der Waals surface area contributed by atoms with Crippen molar-refractivity contribution < 1.29 is 0 Å². The molecule has 1 aliphatic heterocycles. The zero-order chi connectivity index (χ0) is 14.0. The first-order chi connectivity index (χ1) is 9.70. The molecule has 4 heteroatoms. The summed E-state index contributed by atoms with van der Waals surface area (Å²) in [5, 5.41) is 7.79. The predicted octanol–water partition coefficient (Wildman–Crippen LogP) is 2.02. The van der Waals surface area contributed by atoms with Crippen molar-refractivity contribution in [2.24, 2.45) is 5.92 Å². The first-order valence-electron chi connectivity index (χ1n) is 7.32. The van der Waals surface area contributed by atoms with Crippen molar-refractivity contribution in [1.82, 2.24) is 20.1 Å². The van der Waals surface area contributed by atoms with Crippen LogP contribution in [0.3, 0.4) is 0 Å². The molecular formula is C16H22N4. The van der Waals surface area contributed by atoms with Crippen molar-refractivity contribution in [1.29, 1.82) is 0 Å². The summed E-state index contributed by atoms with van der Waals surface area (Å²) in [6.07, 6.45) is 2.64. The molecule has 1 aromatic carbocycles. The molecule has 1 aliphatic rings. The fourth-order valence-electron chi connectivity index (χ4n) is 2.88. The van der Waals surface area contributed by atoms with Crippen LogP contribution < -0.4 is 5.32 Å². The molecule has 0 spiro atoms. The standard InChI is InChI=1S/C16H22N4/c1-13(2)9-20-15(18-12-19-20)8-16(10-17-11-16)14-6-4-3-5-7-14/h3-7,12-13,17H,8-11H2,1-2H3. The maximum atomic E-state index is 4.49. The molecule has 1 fully saturated rings. The van der Waals surface area contributed by atoms with Gasteiger partial charge in [-0.1, -0.05) is 44.2 Å². The molecule has 2 aromatic rings. The first kappa shape index (κ1) is 13.3. The third-order valence-corrected chi connectivity index (χ3v) is 4.04.